The van der Waals surface area contributed by atoms with Gasteiger partial charge in [-0.2, -0.15) is 0 Å². The number of hydrogen-bond donors (Lipinski definition) is 0. The third-order valence-corrected chi connectivity index (χ3v) is 12.6. The molecule has 1 saturated heterocycles. The SMILES string of the molecule is CCCC(=O)O[C@@H]1[C@@H]2[C@@H](OC(C)=O)[C@@]34CO[C@@](C)([C@@H](OC(=O)c5ccccc5)[C@@]2(OC(C)=O)C[C@@]1(C)OC(=O)c1ccccc1)[C@@H]3[C@@H](C(C)(C)OC(C)=O)C=C[C@H]4OC(C)=O. The van der Waals surface area contributed by atoms with E-state index >= 15 is 0 Å². The molecule has 0 aromatic heterocycles. The van der Waals surface area contributed by atoms with E-state index in [4.69, 9.17) is 37.9 Å². The second-order valence-electron chi connectivity index (χ2n) is 17.4. The van der Waals surface area contributed by atoms with Crippen molar-refractivity contribution in [1.29, 1.82) is 0 Å². The van der Waals surface area contributed by atoms with Gasteiger partial charge in [0.25, 0.3) is 0 Å². The maximum atomic E-state index is 14.6. The fourth-order valence-electron chi connectivity index (χ4n) is 10.7. The van der Waals surface area contributed by atoms with Crippen molar-refractivity contribution in [3.63, 3.8) is 0 Å². The van der Waals surface area contributed by atoms with Crippen LogP contribution in [0.15, 0.2) is 72.8 Å². The minimum absolute atomic E-state index is 0.0802. The molecule has 6 rings (SSSR count). The van der Waals surface area contributed by atoms with E-state index in [0.29, 0.717) is 6.42 Å². The predicted molar refractivity (Wildman–Crippen MR) is 213 cm³/mol. The standard InChI is InChI=1S/C46H54O15/c1-10-17-34(51)57-37-35-38(56-27(3)48)45-25-54-44(9,36(45)32(42(6,7)59-28(4)49)22-23-33(45)55-26(2)47)41(58-39(52)30-18-13-11-14-19-30)46(35,60-29(5)50)24-43(37,8)61-40(53)31-20-15-12-16-21-31/h11-16,18-23,32-33,35-38,41H,10,17,24-25H2,1-9H3/t32-,33+,35+,36-,37+,38+,41+,43+,44+,45+,46+/m0/s1. The molecule has 0 amide bonds. The van der Waals surface area contributed by atoms with Gasteiger partial charge < -0.3 is 37.9 Å². The summed E-state index contributed by atoms with van der Waals surface area (Å²) in [6.07, 6.45) is -2.98. The zero-order valence-electron chi connectivity index (χ0n) is 35.9. The molecule has 0 spiro atoms. The van der Waals surface area contributed by atoms with E-state index in [1.54, 1.807) is 76.2 Å². The lowest BCUT2D eigenvalue weighted by atomic mass is 9.53. The number of ether oxygens (including phenoxy) is 8. The summed E-state index contributed by atoms with van der Waals surface area (Å²) >= 11 is 0. The van der Waals surface area contributed by atoms with Gasteiger partial charge in [0.2, 0.25) is 0 Å². The summed E-state index contributed by atoms with van der Waals surface area (Å²) < 4.78 is 51.4. The lowest BCUT2D eigenvalue weighted by Gasteiger charge is -2.53. The molecule has 2 aromatic carbocycles. The monoisotopic (exact) mass is 846 g/mol. The van der Waals surface area contributed by atoms with Crippen molar-refractivity contribution in [2.24, 2.45) is 23.2 Å². The molecule has 61 heavy (non-hydrogen) atoms. The van der Waals surface area contributed by atoms with Crippen LogP contribution in [0, 0.1) is 23.2 Å². The van der Waals surface area contributed by atoms with E-state index in [2.05, 4.69) is 0 Å². The highest BCUT2D eigenvalue weighted by molar-refractivity contribution is 5.90. The smallest absolute Gasteiger partial charge is 0.338 e. The van der Waals surface area contributed by atoms with E-state index in [1.807, 2.05) is 0 Å². The average molecular weight is 847 g/mol. The zero-order chi connectivity index (χ0) is 44.7. The Balaban J connectivity index is 1.74. The molecule has 2 aromatic rings. The molecule has 1 heterocycles. The molecule has 2 saturated carbocycles. The number of rotatable bonds is 12. The summed E-state index contributed by atoms with van der Waals surface area (Å²) in [7, 11) is 0. The fraction of sp³-hybridized carbons (Fsp3) is 0.543. The van der Waals surface area contributed by atoms with Crippen molar-refractivity contribution in [2.45, 2.75) is 128 Å². The number of carbonyl (C=O) groups is 7. The minimum atomic E-state index is -2.20. The molecule has 11 atom stereocenters. The zero-order valence-corrected chi connectivity index (χ0v) is 35.9. The Hall–Kier alpha value is -5.57. The Morgan fingerprint density at radius 1 is 0.705 bits per heavy atom. The van der Waals surface area contributed by atoms with Crippen LogP contribution in [-0.2, 0) is 61.9 Å². The molecule has 3 aliphatic carbocycles. The lowest BCUT2D eigenvalue weighted by Crippen LogP contribution is -2.64. The fourth-order valence-corrected chi connectivity index (χ4v) is 10.7. The van der Waals surface area contributed by atoms with Crippen LogP contribution in [0.5, 0.6) is 0 Å². The number of fused-ring (bicyclic) bond motifs is 1. The summed E-state index contributed by atoms with van der Waals surface area (Å²) in [5.74, 6) is -8.86. The first kappa shape index (κ1) is 45.0. The van der Waals surface area contributed by atoms with Crippen molar-refractivity contribution in [2.75, 3.05) is 6.61 Å². The maximum absolute atomic E-state index is 14.6. The molecule has 0 radical (unpaired) electrons. The van der Waals surface area contributed by atoms with Crippen LogP contribution < -0.4 is 0 Å². The summed E-state index contributed by atoms with van der Waals surface area (Å²) in [6.45, 7) is 12.7. The van der Waals surface area contributed by atoms with Crippen LogP contribution in [0.1, 0.15) is 102 Å². The van der Waals surface area contributed by atoms with Gasteiger partial charge in [-0.25, -0.2) is 9.59 Å². The Bertz CT molecular complexity index is 2080. The molecule has 2 bridgehead atoms. The summed E-state index contributed by atoms with van der Waals surface area (Å²) in [5, 5.41) is 0. The third kappa shape index (κ3) is 8.04. The number of benzene rings is 2. The molecule has 0 unspecified atom stereocenters. The van der Waals surface area contributed by atoms with Gasteiger partial charge in [-0.05, 0) is 64.5 Å². The van der Waals surface area contributed by atoms with Gasteiger partial charge in [-0.3, -0.25) is 24.0 Å². The van der Waals surface area contributed by atoms with E-state index in [0.717, 1.165) is 13.8 Å². The Morgan fingerprint density at radius 2 is 1.30 bits per heavy atom. The number of hydrogen-bond acceptors (Lipinski definition) is 15. The van der Waals surface area contributed by atoms with Gasteiger partial charge in [-0.15, -0.1) is 0 Å². The molecule has 0 N–H and O–H groups in total. The number of carbonyl (C=O) groups excluding carboxylic acids is 7. The third-order valence-electron chi connectivity index (χ3n) is 12.6. The topological polar surface area (TPSA) is 193 Å². The van der Waals surface area contributed by atoms with Crippen LogP contribution in [0.4, 0.5) is 0 Å². The Labute approximate surface area is 354 Å². The van der Waals surface area contributed by atoms with E-state index in [-0.39, 0.29) is 24.2 Å². The Kier molecular flexibility index (Phi) is 12.3. The highest BCUT2D eigenvalue weighted by Gasteiger charge is 2.85. The molecule has 1 aliphatic heterocycles. The average Bonchev–Trinajstić information content (AvgIpc) is 3.59. The molecule has 328 valence electrons. The van der Waals surface area contributed by atoms with Crippen LogP contribution in [0.25, 0.3) is 0 Å². The van der Waals surface area contributed by atoms with E-state index in [1.165, 1.54) is 45.0 Å². The van der Waals surface area contributed by atoms with Crippen LogP contribution in [0.2, 0.25) is 0 Å². The number of esters is 7. The molecular weight excluding hydrogens is 792 g/mol. The summed E-state index contributed by atoms with van der Waals surface area (Å²) in [4.78, 5) is 95.9. The Morgan fingerprint density at radius 3 is 1.84 bits per heavy atom. The minimum Gasteiger partial charge on any atom is -0.461 e. The maximum Gasteiger partial charge on any atom is 0.338 e. The van der Waals surface area contributed by atoms with Crippen molar-refractivity contribution >= 4 is 41.8 Å². The molecule has 15 heteroatoms. The second kappa shape index (κ2) is 16.7. The predicted octanol–water partition coefficient (Wildman–Crippen LogP) is 5.66. The van der Waals surface area contributed by atoms with Crippen molar-refractivity contribution < 1.29 is 71.5 Å². The first-order chi connectivity index (χ1) is 28.6. The molecule has 4 aliphatic rings. The molecule has 15 nitrogen and oxygen atoms in total. The van der Waals surface area contributed by atoms with Gasteiger partial charge in [0.1, 0.15) is 23.4 Å². The van der Waals surface area contributed by atoms with Gasteiger partial charge >= 0.3 is 41.8 Å². The van der Waals surface area contributed by atoms with Crippen molar-refractivity contribution in [3.8, 4) is 0 Å². The highest BCUT2D eigenvalue weighted by atomic mass is 16.6. The largest absolute Gasteiger partial charge is 0.461 e. The molecule has 3 fully saturated rings. The van der Waals surface area contributed by atoms with E-state index < -0.39 is 118 Å². The van der Waals surface area contributed by atoms with Crippen LogP contribution in [-0.4, -0.2) is 95.2 Å². The summed E-state index contributed by atoms with van der Waals surface area (Å²) in [5.41, 5.74) is -8.67. The van der Waals surface area contributed by atoms with Crippen LogP contribution in [0.3, 0.4) is 0 Å². The van der Waals surface area contributed by atoms with Gasteiger partial charge in [0.05, 0.1) is 29.1 Å². The second-order valence-corrected chi connectivity index (χ2v) is 17.4. The van der Waals surface area contributed by atoms with Gasteiger partial charge in [0, 0.05) is 52.4 Å². The molecular formula is C46H54O15. The quantitative estimate of drug-likeness (QED) is 0.144. The summed E-state index contributed by atoms with van der Waals surface area (Å²) in [6, 6.07) is 16.1. The van der Waals surface area contributed by atoms with Crippen molar-refractivity contribution in [1.82, 2.24) is 0 Å². The van der Waals surface area contributed by atoms with E-state index in [9.17, 15) is 33.6 Å². The van der Waals surface area contributed by atoms with Gasteiger partial charge in [0.15, 0.2) is 23.4 Å². The first-order valence-corrected chi connectivity index (χ1v) is 20.4. The lowest BCUT2D eigenvalue weighted by molar-refractivity contribution is -0.239. The first-order valence-electron chi connectivity index (χ1n) is 20.4. The van der Waals surface area contributed by atoms with Crippen molar-refractivity contribution in [3.05, 3.63) is 83.9 Å². The van der Waals surface area contributed by atoms with Crippen LogP contribution >= 0.6 is 0 Å². The normalized spacial score (nSPS) is 33.4. The highest BCUT2D eigenvalue weighted by Crippen LogP contribution is 2.70. The van der Waals surface area contributed by atoms with Gasteiger partial charge in [-0.1, -0.05) is 49.4 Å².